The summed E-state index contributed by atoms with van der Waals surface area (Å²) in [5, 5.41) is 5.46. The molecule has 0 amide bonds. The van der Waals surface area contributed by atoms with Gasteiger partial charge >= 0.3 is 0 Å². The Morgan fingerprint density at radius 3 is 2.67 bits per heavy atom. The highest BCUT2D eigenvalue weighted by Gasteiger charge is 2.10. The molecule has 0 radical (unpaired) electrons. The third-order valence-electron chi connectivity index (χ3n) is 3.41. The molecule has 3 N–H and O–H groups in total. The summed E-state index contributed by atoms with van der Waals surface area (Å²) in [7, 11) is 0. The highest BCUT2D eigenvalue weighted by molar-refractivity contribution is 14.0. The number of hydrogen-bond acceptors (Lipinski definition) is 3. The maximum Gasteiger partial charge on any atom is 0.189 e. The van der Waals surface area contributed by atoms with Crippen LogP contribution in [0.1, 0.15) is 34.1 Å². The summed E-state index contributed by atoms with van der Waals surface area (Å²) in [6.07, 6.45) is 0.843. The van der Waals surface area contributed by atoms with Crippen LogP contribution in [0.25, 0.3) is 0 Å². The molecule has 2 rings (SSSR count). The summed E-state index contributed by atoms with van der Waals surface area (Å²) >= 11 is 13.8. The summed E-state index contributed by atoms with van der Waals surface area (Å²) in [5.41, 5.74) is 7.97. The number of hydrogen-bond donors (Lipinski definition) is 2. The molecular weight excluding hydrogens is 478 g/mol. The molecule has 1 aromatic carbocycles. The summed E-state index contributed by atoms with van der Waals surface area (Å²) in [5.74, 6) is 0.405. The van der Waals surface area contributed by atoms with E-state index in [1.807, 2.05) is 32.9 Å². The molecule has 0 spiro atoms. The Morgan fingerprint density at radius 1 is 1.38 bits per heavy atom. The van der Waals surface area contributed by atoms with Gasteiger partial charge in [0.2, 0.25) is 0 Å². The lowest BCUT2D eigenvalue weighted by molar-refractivity contribution is 0.707. The number of aliphatic imine (C=N–C) groups is 1. The van der Waals surface area contributed by atoms with Crippen LogP contribution in [0.2, 0.25) is 10.0 Å². The number of halogens is 3. The molecule has 132 valence electrons. The molecule has 0 aliphatic heterocycles. The van der Waals surface area contributed by atoms with Crippen molar-refractivity contribution < 1.29 is 0 Å². The monoisotopic (exact) mass is 498 g/mol. The molecule has 0 aliphatic rings. The lowest BCUT2D eigenvalue weighted by Gasteiger charge is -2.16. The second-order valence-electron chi connectivity index (χ2n) is 5.29. The quantitative estimate of drug-likeness (QED) is 0.350. The minimum Gasteiger partial charge on any atom is -0.370 e. The van der Waals surface area contributed by atoms with E-state index in [0.717, 1.165) is 22.7 Å². The van der Waals surface area contributed by atoms with Gasteiger partial charge in [-0.3, -0.25) is 4.99 Å². The van der Waals surface area contributed by atoms with Crippen molar-refractivity contribution in [1.82, 2.24) is 10.3 Å². The van der Waals surface area contributed by atoms with Crippen LogP contribution in [0.3, 0.4) is 0 Å². The van der Waals surface area contributed by atoms with Crippen LogP contribution >= 0.6 is 58.5 Å². The Labute approximate surface area is 173 Å². The fraction of sp³-hybridized carbons (Fsp3) is 0.375. The fourth-order valence-corrected chi connectivity index (χ4v) is 3.78. The van der Waals surface area contributed by atoms with Gasteiger partial charge in [0.1, 0.15) is 0 Å². The fourth-order valence-electron chi connectivity index (χ4n) is 2.28. The van der Waals surface area contributed by atoms with Crippen LogP contribution in [0.4, 0.5) is 0 Å². The zero-order chi connectivity index (χ0) is 17.0. The maximum atomic E-state index is 6.20. The SMILES string of the molecule is Cc1nc(C)c(CCN=C(N)NC(C)c2ccc(Cl)cc2Cl)s1.I. The molecule has 1 atom stereocenters. The summed E-state index contributed by atoms with van der Waals surface area (Å²) in [6.45, 7) is 6.64. The Bertz CT molecular complexity index is 718. The van der Waals surface area contributed by atoms with Gasteiger partial charge in [0.15, 0.2) is 5.96 Å². The Hall–Kier alpha value is -0.570. The Balaban J connectivity index is 0.00000288. The smallest absolute Gasteiger partial charge is 0.189 e. The van der Waals surface area contributed by atoms with Crippen LogP contribution in [-0.2, 0) is 6.42 Å². The van der Waals surface area contributed by atoms with Gasteiger partial charge in [-0.1, -0.05) is 29.3 Å². The van der Waals surface area contributed by atoms with Crippen LogP contribution in [0.5, 0.6) is 0 Å². The van der Waals surface area contributed by atoms with Crippen LogP contribution in [0.15, 0.2) is 23.2 Å². The van der Waals surface area contributed by atoms with E-state index < -0.39 is 0 Å². The average Bonchev–Trinajstić information content (AvgIpc) is 2.76. The summed E-state index contributed by atoms with van der Waals surface area (Å²) in [4.78, 5) is 10.0. The number of benzene rings is 1. The van der Waals surface area contributed by atoms with Crippen molar-refractivity contribution in [3.8, 4) is 0 Å². The van der Waals surface area contributed by atoms with E-state index in [1.165, 1.54) is 4.88 Å². The second kappa shape index (κ2) is 9.79. The highest BCUT2D eigenvalue weighted by atomic mass is 127. The highest BCUT2D eigenvalue weighted by Crippen LogP contribution is 2.25. The lowest BCUT2D eigenvalue weighted by atomic mass is 10.1. The number of nitrogens with zero attached hydrogens (tertiary/aromatic N) is 2. The molecule has 4 nitrogen and oxygen atoms in total. The van der Waals surface area contributed by atoms with Gasteiger partial charge in [0.25, 0.3) is 0 Å². The Morgan fingerprint density at radius 2 is 2.08 bits per heavy atom. The van der Waals surface area contributed by atoms with Gasteiger partial charge in [-0.2, -0.15) is 0 Å². The van der Waals surface area contributed by atoms with E-state index in [9.17, 15) is 0 Å². The minimum atomic E-state index is -0.0455. The number of thiazole rings is 1. The largest absolute Gasteiger partial charge is 0.370 e. The molecule has 1 heterocycles. The van der Waals surface area contributed by atoms with E-state index in [1.54, 1.807) is 17.4 Å². The first-order valence-electron chi connectivity index (χ1n) is 7.31. The van der Waals surface area contributed by atoms with Gasteiger partial charge in [-0.15, -0.1) is 35.3 Å². The first-order chi connectivity index (χ1) is 10.9. The van der Waals surface area contributed by atoms with Crippen molar-refractivity contribution >= 4 is 64.5 Å². The zero-order valence-electron chi connectivity index (χ0n) is 13.8. The molecule has 0 saturated heterocycles. The first kappa shape index (κ1) is 21.5. The molecule has 0 bridgehead atoms. The molecule has 2 aromatic rings. The minimum absolute atomic E-state index is 0. The molecule has 1 aromatic heterocycles. The molecular formula is C16H21Cl2IN4S. The molecule has 24 heavy (non-hydrogen) atoms. The summed E-state index contributed by atoms with van der Waals surface area (Å²) < 4.78 is 0. The van der Waals surface area contributed by atoms with Crippen LogP contribution in [-0.4, -0.2) is 17.5 Å². The molecule has 8 heteroatoms. The number of nitrogens with two attached hydrogens (primary N) is 1. The van der Waals surface area contributed by atoms with Crippen molar-refractivity contribution in [3.05, 3.63) is 49.4 Å². The van der Waals surface area contributed by atoms with E-state index >= 15 is 0 Å². The number of aromatic nitrogens is 1. The van der Waals surface area contributed by atoms with Gasteiger partial charge < -0.3 is 11.1 Å². The van der Waals surface area contributed by atoms with E-state index in [2.05, 4.69) is 15.3 Å². The zero-order valence-corrected chi connectivity index (χ0v) is 18.4. The van der Waals surface area contributed by atoms with Crippen molar-refractivity contribution in [1.29, 1.82) is 0 Å². The van der Waals surface area contributed by atoms with Gasteiger partial charge in [0, 0.05) is 27.9 Å². The van der Waals surface area contributed by atoms with Crippen molar-refractivity contribution in [2.75, 3.05) is 6.54 Å². The van der Waals surface area contributed by atoms with E-state index in [0.29, 0.717) is 22.5 Å². The van der Waals surface area contributed by atoms with Crippen molar-refractivity contribution in [2.24, 2.45) is 10.7 Å². The van der Waals surface area contributed by atoms with E-state index in [-0.39, 0.29) is 30.0 Å². The van der Waals surface area contributed by atoms with Crippen LogP contribution in [0, 0.1) is 13.8 Å². The number of guanidine groups is 1. The third-order valence-corrected chi connectivity index (χ3v) is 5.11. The van der Waals surface area contributed by atoms with Gasteiger partial charge in [-0.25, -0.2) is 4.98 Å². The van der Waals surface area contributed by atoms with Gasteiger partial charge in [0.05, 0.1) is 16.7 Å². The third kappa shape index (κ3) is 6.06. The number of nitrogens with one attached hydrogen (secondary N) is 1. The normalized spacial score (nSPS) is 12.6. The number of rotatable bonds is 5. The van der Waals surface area contributed by atoms with Crippen LogP contribution < -0.4 is 11.1 Å². The maximum absolute atomic E-state index is 6.20. The number of aryl methyl sites for hydroxylation is 2. The van der Waals surface area contributed by atoms with Crippen molar-refractivity contribution in [2.45, 2.75) is 33.2 Å². The average molecular weight is 499 g/mol. The van der Waals surface area contributed by atoms with E-state index in [4.69, 9.17) is 28.9 Å². The molecule has 0 fully saturated rings. The lowest BCUT2D eigenvalue weighted by Crippen LogP contribution is -2.34. The first-order valence-corrected chi connectivity index (χ1v) is 8.88. The predicted molar refractivity (Wildman–Crippen MR) is 115 cm³/mol. The molecule has 0 aliphatic carbocycles. The van der Waals surface area contributed by atoms with Crippen molar-refractivity contribution in [3.63, 3.8) is 0 Å². The summed E-state index contributed by atoms with van der Waals surface area (Å²) in [6, 6.07) is 5.37. The molecule has 0 saturated carbocycles. The predicted octanol–water partition coefficient (Wildman–Crippen LogP) is 4.89. The Kier molecular flexibility index (Phi) is 8.76. The molecule has 1 unspecified atom stereocenters. The topological polar surface area (TPSA) is 63.3 Å². The van der Waals surface area contributed by atoms with Gasteiger partial charge in [-0.05, 0) is 38.5 Å². The standard InChI is InChI=1S/C16H20Cl2N4S.HI/c1-9(13-5-4-12(17)8-14(13)18)22-16(19)20-7-6-15-10(2)21-11(3)23-15;/h4-5,8-9H,6-7H2,1-3H3,(H3,19,20,22);1H. The second-order valence-corrected chi connectivity index (χ2v) is 7.42.